The average molecular weight is 453 g/mol. The van der Waals surface area contributed by atoms with Crippen LogP contribution in [0.5, 0.6) is 0 Å². The predicted octanol–water partition coefficient (Wildman–Crippen LogP) is -2.15. The normalized spacial score (nSPS) is 15.5. The van der Waals surface area contributed by atoms with Crippen LogP contribution in [0.15, 0.2) is 0 Å². The lowest BCUT2D eigenvalue weighted by Crippen LogP contribution is -2.44. The van der Waals surface area contributed by atoms with Crippen LogP contribution in [-0.2, 0) is 33.6 Å². The zero-order chi connectivity index (χ0) is 24.1. The molecule has 0 bridgehead atoms. The van der Waals surface area contributed by atoms with Crippen LogP contribution in [0, 0.1) is 11.8 Å². The summed E-state index contributed by atoms with van der Waals surface area (Å²) in [5.74, 6) is -2.73. The fourth-order valence-corrected chi connectivity index (χ4v) is 2.95. The van der Waals surface area contributed by atoms with Crippen LogP contribution in [0.4, 0.5) is 0 Å². The molecule has 1 atom stereocenters. The number of hydrogen-bond donors (Lipinski definition) is 4. The van der Waals surface area contributed by atoms with E-state index in [4.69, 9.17) is 0 Å². The lowest BCUT2D eigenvalue weighted by molar-refractivity contribution is -0.140. The largest absolute Gasteiger partial charge is 0.354 e. The first kappa shape index (κ1) is 26.7. The Hall–Kier alpha value is -3.31. The molecule has 12 heteroatoms. The number of nitrogens with one attached hydrogen (secondary N) is 4. The predicted molar refractivity (Wildman–Crippen MR) is 112 cm³/mol. The third kappa shape index (κ3) is 9.67. The summed E-state index contributed by atoms with van der Waals surface area (Å²) in [5, 5.41) is 9.42. The van der Waals surface area contributed by atoms with Crippen LogP contribution < -0.4 is 21.3 Å². The van der Waals surface area contributed by atoms with Crippen molar-refractivity contribution in [2.45, 2.75) is 39.5 Å². The minimum absolute atomic E-state index is 0.0381. The molecular formula is C20H31N5O7. The van der Waals surface area contributed by atoms with Gasteiger partial charge in [-0.3, -0.25) is 33.7 Å². The van der Waals surface area contributed by atoms with E-state index in [2.05, 4.69) is 21.3 Å². The van der Waals surface area contributed by atoms with Crippen molar-refractivity contribution in [3.63, 3.8) is 0 Å². The molecule has 0 aromatic carbocycles. The molecule has 1 aliphatic rings. The highest BCUT2D eigenvalue weighted by Gasteiger charge is 2.39. The lowest BCUT2D eigenvalue weighted by Gasteiger charge is -2.16. The highest BCUT2D eigenvalue weighted by atomic mass is 16.2. The average Bonchev–Trinajstić information content (AvgIpc) is 3.03. The van der Waals surface area contributed by atoms with Crippen molar-refractivity contribution in [3.8, 4) is 0 Å². The molecule has 6 amide bonds. The summed E-state index contributed by atoms with van der Waals surface area (Å²) in [6.45, 7) is 3.11. The second-order valence-corrected chi connectivity index (χ2v) is 7.68. The van der Waals surface area contributed by atoms with Crippen LogP contribution >= 0.6 is 0 Å². The van der Waals surface area contributed by atoms with Gasteiger partial charge in [0.15, 0.2) is 0 Å². The summed E-state index contributed by atoms with van der Waals surface area (Å²) >= 11 is 0. The molecule has 12 nitrogen and oxygen atoms in total. The molecule has 32 heavy (non-hydrogen) atoms. The Kier molecular flexibility index (Phi) is 11.6. The fraction of sp³-hybridized carbons (Fsp3) is 0.650. The Morgan fingerprint density at radius 3 is 1.97 bits per heavy atom. The van der Waals surface area contributed by atoms with Gasteiger partial charge in [-0.05, 0) is 12.3 Å². The number of likely N-dealkylation sites (tertiary alicyclic amines) is 1. The van der Waals surface area contributed by atoms with Gasteiger partial charge in [0, 0.05) is 38.3 Å². The molecule has 0 aliphatic carbocycles. The number of imide groups is 1. The van der Waals surface area contributed by atoms with Gasteiger partial charge in [-0.1, -0.05) is 13.8 Å². The van der Waals surface area contributed by atoms with Crippen molar-refractivity contribution in [1.29, 1.82) is 0 Å². The molecule has 1 aliphatic heterocycles. The first-order valence-corrected chi connectivity index (χ1v) is 10.5. The number of carbonyl (C=O) groups excluding carboxylic acids is 7. The highest BCUT2D eigenvalue weighted by molar-refractivity contribution is 6.03. The van der Waals surface area contributed by atoms with Crippen molar-refractivity contribution < 1.29 is 33.6 Å². The SMILES string of the molecule is CC(C)C1CC(=O)N(CCCC(=O)NCC(=O)NCC(=O)NCC(=O)NCCC=O)C1=O. The van der Waals surface area contributed by atoms with Crippen molar-refractivity contribution in [2.24, 2.45) is 11.8 Å². The van der Waals surface area contributed by atoms with Crippen LogP contribution in [-0.4, -0.2) is 79.4 Å². The Balaban J connectivity index is 2.16. The second-order valence-electron chi connectivity index (χ2n) is 7.68. The highest BCUT2D eigenvalue weighted by Crippen LogP contribution is 2.26. The molecule has 0 aromatic heterocycles. The van der Waals surface area contributed by atoms with E-state index in [0.29, 0.717) is 6.29 Å². The van der Waals surface area contributed by atoms with Crippen LogP contribution in [0.25, 0.3) is 0 Å². The van der Waals surface area contributed by atoms with Gasteiger partial charge in [0.2, 0.25) is 35.4 Å². The van der Waals surface area contributed by atoms with Crippen molar-refractivity contribution in [3.05, 3.63) is 0 Å². The third-order valence-electron chi connectivity index (χ3n) is 4.79. The van der Waals surface area contributed by atoms with E-state index in [0.717, 1.165) is 0 Å². The van der Waals surface area contributed by atoms with E-state index in [1.54, 1.807) is 0 Å². The zero-order valence-corrected chi connectivity index (χ0v) is 18.4. The van der Waals surface area contributed by atoms with Gasteiger partial charge in [-0.2, -0.15) is 0 Å². The summed E-state index contributed by atoms with van der Waals surface area (Å²) in [7, 11) is 0. The number of nitrogens with zero attached hydrogens (tertiary/aromatic N) is 1. The molecular weight excluding hydrogens is 422 g/mol. The second kappa shape index (κ2) is 13.9. The van der Waals surface area contributed by atoms with Gasteiger partial charge < -0.3 is 26.1 Å². The zero-order valence-electron chi connectivity index (χ0n) is 18.4. The van der Waals surface area contributed by atoms with Gasteiger partial charge in [0.25, 0.3) is 0 Å². The first-order chi connectivity index (χ1) is 15.1. The molecule has 0 radical (unpaired) electrons. The molecule has 1 unspecified atom stereocenters. The molecule has 178 valence electrons. The maximum Gasteiger partial charge on any atom is 0.239 e. The number of carbonyl (C=O) groups is 7. The summed E-state index contributed by atoms with van der Waals surface area (Å²) in [6.07, 6.45) is 1.35. The Labute approximate surface area is 186 Å². The summed E-state index contributed by atoms with van der Waals surface area (Å²) < 4.78 is 0. The number of aldehydes is 1. The van der Waals surface area contributed by atoms with Crippen molar-refractivity contribution in [2.75, 3.05) is 32.7 Å². The topological polar surface area (TPSA) is 171 Å². The minimum Gasteiger partial charge on any atom is -0.354 e. The van der Waals surface area contributed by atoms with Crippen LogP contribution in [0.2, 0.25) is 0 Å². The van der Waals surface area contributed by atoms with E-state index in [1.165, 1.54) is 4.90 Å². The van der Waals surface area contributed by atoms with Gasteiger partial charge >= 0.3 is 0 Å². The quantitative estimate of drug-likeness (QED) is 0.132. The van der Waals surface area contributed by atoms with Crippen LogP contribution in [0.1, 0.15) is 39.5 Å². The molecule has 0 spiro atoms. The molecule has 4 N–H and O–H groups in total. The third-order valence-corrected chi connectivity index (χ3v) is 4.79. The maximum absolute atomic E-state index is 12.2. The Morgan fingerprint density at radius 2 is 1.47 bits per heavy atom. The van der Waals surface area contributed by atoms with Crippen molar-refractivity contribution >= 4 is 41.7 Å². The number of rotatable bonds is 14. The molecule has 0 saturated carbocycles. The molecule has 1 heterocycles. The van der Waals surface area contributed by atoms with E-state index < -0.39 is 23.6 Å². The maximum atomic E-state index is 12.2. The monoisotopic (exact) mass is 453 g/mol. The fourth-order valence-electron chi connectivity index (χ4n) is 2.95. The van der Waals surface area contributed by atoms with Crippen molar-refractivity contribution in [1.82, 2.24) is 26.2 Å². The van der Waals surface area contributed by atoms with E-state index >= 15 is 0 Å². The van der Waals surface area contributed by atoms with Gasteiger partial charge in [-0.15, -0.1) is 0 Å². The molecule has 1 saturated heterocycles. The summed E-state index contributed by atoms with van der Waals surface area (Å²) in [4.78, 5) is 82.0. The van der Waals surface area contributed by atoms with Crippen LogP contribution in [0.3, 0.4) is 0 Å². The molecule has 0 aromatic rings. The summed E-state index contributed by atoms with van der Waals surface area (Å²) in [6, 6.07) is 0. The number of amides is 6. The minimum atomic E-state index is -0.589. The van der Waals surface area contributed by atoms with Gasteiger partial charge in [-0.25, -0.2) is 0 Å². The molecule has 1 rings (SSSR count). The first-order valence-electron chi connectivity index (χ1n) is 10.5. The lowest BCUT2D eigenvalue weighted by atomic mass is 9.94. The Bertz CT molecular complexity index is 738. The van der Waals surface area contributed by atoms with E-state index in [1.807, 2.05) is 13.8 Å². The van der Waals surface area contributed by atoms with Gasteiger partial charge in [0.05, 0.1) is 19.6 Å². The smallest absolute Gasteiger partial charge is 0.239 e. The van der Waals surface area contributed by atoms with Gasteiger partial charge in [0.1, 0.15) is 6.29 Å². The summed E-state index contributed by atoms with van der Waals surface area (Å²) in [5.41, 5.74) is 0. The van der Waals surface area contributed by atoms with E-state index in [9.17, 15) is 33.6 Å². The Morgan fingerprint density at radius 1 is 0.938 bits per heavy atom. The van der Waals surface area contributed by atoms with E-state index in [-0.39, 0.29) is 82.1 Å². The standard InChI is InChI=1S/C20H31N5O7/c1-13(2)14-9-19(31)25(20(14)32)7-3-5-15(27)22-11-17(29)24-12-18(30)23-10-16(28)21-6-4-8-26/h8,13-14H,3-7,9-12H2,1-2H3,(H,21,28)(H,22,27)(H,23,30)(H,24,29). The number of hydrogen-bond acceptors (Lipinski definition) is 7. The molecule has 1 fully saturated rings.